The van der Waals surface area contributed by atoms with Crippen LogP contribution in [0.15, 0.2) is 53.4 Å². The fourth-order valence-corrected chi connectivity index (χ4v) is 3.37. The molecule has 0 bridgehead atoms. The molecule has 0 spiro atoms. The summed E-state index contributed by atoms with van der Waals surface area (Å²) in [5, 5.41) is 10.7. The van der Waals surface area contributed by atoms with Crippen molar-refractivity contribution in [3.63, 3.8) is 0 Å². The second-order valence-electron chi connectivity index (χ2n) is 5.52. The number of nitrogens with zero attached hydrogens (tertiary/aromatic N) is 1. The van der Waals surface area contributed by atoms with E-state index in [-0.39, 0.29) is 17.0 Å². The summed E-state index contributed by atoms with van der Waals surface area (Å²) in [5.41, 5.74) is 6.64. The van der Waals surface area contributed by atoms with Crippen LogP contribution in [0.4, 0.5) is 5.69 Å². The van der Waals surface area contributed by atoms with Gasteiger partial charge in [-0.1, -0.05) is 29.8 Å². The summed E-state index contributed by atoms with van der Waals surface area (Å²) in [6.45, 7) is 1.82. The molecule has 0 saturated heterocycles. The van der Waals surface area contributed by atoms with E-state index in [1.54, 1.807) is 12.1 Å². The number of hydrogen-bond acceptors (Lipinski definition) is 5. The zero-order valence-electron chi connectivity index (χ0n) is 13.4. The van der Waals surface area contributed by atoms with Crippen molar-refractivity contribution in [3.8, 4) is 0 Å². The molecule has 9 heteroatoms. The Bertz CT molecular complexity index is 877. The van der Waals surface area contributed by atoms with Gasteiger partial charge in [-0.25, -0.2) is 8.42 Å². The number of sulfonamides is 1. The highest BCUT2D eigenvalue weighted by Gasteiger charge is 2.24. The summed E-state index contributed by atoms with van der Waals surface area (Å²) in [5.74, 6) is -0.839. The van der Waals surface area contributed by atoms with Gasteiger partial charge >= 0.3 is 0 Å². The van der Waals surface area contributed by atoms with Gasteiger partial charge in [-0.05, 0) is 31.0 Å². The van der Waals surface area contributed by atoms with Crippen molar-refractivity contribution in [2.45, 2.75) is 24.3 Å². The Hall–Kier alpha value is -2.78. The fraction of sp³-hybridized carbons (Fsp3) is 0.188. The van der Waals surface area contributed by atoms with Crippen LogP contribution in [0.5, 0.6) is 0 Å². The van der Waals surface area contributed by atoms with Crippen LogP contribution in [0.2, 0.25) is 0 Å². The number of carbonyl (C=O) groups excluding carboxylic acids is 1. The van der Waals surface area contributed by atoms with E-state index in [0.717, 1.165) is 5.56 Å². The molecule has 0 fully saturated rings. The van der Waals surface area contributed by atoms with Crippen LogP contribution in [0.25, 0.3) is 0 Å². The highest BCUT2D eigenvalue weighted by molar-refractivity contribution is 7.89. The average Bonchev–Trinajstić information content (AvgIpc) is 2.55. The Kier molecular flexibility index (Phi) is 5.50. The van der Waals surface area contributed by atoms with E-state index in [9.17, 15) is 23.3 Å². The van der Waals surface area contributed by atoms with Gasteiger partial charge in [-0.3, -0.25) is 14.9 Å². The van der Waals surface area contributed by atoms with Gasteiger partial charge in [0.2, 0.25) is 15.9 Å². The molecular formula is C16H17N3O5S. The number of nitro benzene ring substituents is 1. The van der Waals surface area contributed by atoms with Gasteiger partial charge in [0, 0.05) is 12.1 Å². The molecular weight excluding hydrogens is 346 g/mol. The molecule has 0 aliphatic carbocycles. The molecule has 3 N–H and O–H groups in total. The maximum atomic E-state index is 12.4. The normalized spacial score (nSPS) is 12.5. The molecule has 0 aliphatic heterocycles. The molecule has 0 heterocycles. The van der Waals surface area contributed by atoms with Crippen molar-refractivity contribution in [1.29, 1.82) is 0 Å². The molecule has 1 amide bonds. The summed E-state index contributed by atoms with van der Waals surface area (Å²) >= 11 is 0. The van der Waals surface area contributed by atoms with Gasteiger partial charge in [0.1, 0.15) is 6.04 Å². The van der Waals surface area contributed by atoms with E-state index < -0.39 is 26.9 Å². The number of carbonyl (C=O) groups is 1. The largest absolute Gasteiger partial charge is 0.368 e. The monoisotopic (exact) mass is 363 g/mol. The van der Waals surface area contributed by atoms with E-state index in [1.165, 1.54) is 36.4 Å². The summed E-state index contributed by atoms with van der Waals surface area (Å²) < 4.78 is 27.0. The molecule has 2 rings (SSSR count). The second-order valence-corrected chi connectivity index (χ2v) is 7.23. The first-order chi connectivity index (χ1) is 11.7. The van der Waals surface area contributed by atoms with Gasteiger partial charge in [-0.2, -0.15) is 4.72 Å². The lowest BCUT2D eigenvalue weighted by molar-refractivity contribution is -0.384. The molecule has 1 unspecified atom stereocenters. The number of rotatable bonds is 7. The van der Waals surface area contributed by atoms with Gasteiger partial charge in [0.25, 0.3) is 5.69 Å². The lowest BCUT2D eigenvalue weighted by Crippen LogP contribution is -2.45. The Balaban J connectivity index is 2.19. The van der Waals surface area contributed by atoms with E-state index in [2.05, 4.69) is 4.72 Å². The number of aryl methyl sites for hydroxylation is 1. The van der Waals surface area contributed by atoms with Crippen molar-refractivity contribution in [2.75, 3.05) is 0 Å². The molecule has 2 aromatic rings. The first-order valence-electron chi connectivity index (χ1n) is 7.31. The highest BCUT2D eigenvalue weighted by atomic mass is 32.2. The first-order valence-corrected chi connectivity index (χ1v) is 8.79. The SMILES string of the molecule is Cc1ccc(S(=O)(=O)NC(Cc2ccc([N+](=O)[O-])cc2)C(N)=O)cc1. The van der Waals surface area contributed by atoms with E-state index in [4.69, 9.17) is 5.73 Å². The molecule has 132 valence electrons. The second kappa shape index (κ2) is 7.41. The number of amides is 1. The molecule has 0 radical (unpaired) electrons. The van der Waals surface area contributed by atoms with Gasteiger partial charge in [0.05, 0.1) is 9.82 Å². The predicted octanol–water partition coefficient (Wildman–Crippen LogP) is 1.28. The molecule has 0 aromatic heterocycles. The van der Waals surface area contributed by atoms with Gasteiger partial charge in [0.15, 0.2) is 0 Å². The maximum absolute atomic E-state index is 12.4. The van der Waals surface area contributed by atoms with Crippen LogP contribution >= 0.6 is 0 Å². The quantitative estimate of drug-likeness (QED) is 0.565. The number of nitro groups is 1. The molecule has 0 saturated carbocycles. The number of hydrogen-bond donors (Lipinski definition) is 2. The number of primary amides is 1. The Morgan fingerprint density at radius 3 is 2.20 bits per heavy atom. The minimum Gasteiger partial charge on any atom is -0.368 e. The first kappa shape index (κ1) is 18.6. The number of nitrogens with two attached hydrogens (primary N) is 1. The van der Waals surface area contributed by atoms with Crippen molar-refractivity contribution >= 4 is 21.6 Å². The van der Waals surface area contributed by atoms with E-state index in [0.29, 0.717) is 5.56 Å². The third kappa shape index (κ3) is 4.85. The van der Waals surface area contributed by atoms with E-state index in [1.807, 2.05) is 6.92 Å². The average molecular weight is 363 g/mol. The number of non-ortho nitro benzene ring substituents is 1. The standard InChI is InChI=1S/C16H17N3O5S/c1-11-2-8-14(9-3-11)25(23,24)18-15(16(17)20)10-12-4-6-13(7-5-12)19(21)22/h2-9,15,18H,10H2,1H3,(H2,17,20). The van der Waals surface area contributed by atoms with Gasteiger partial charge in [-0.15, -0.1) is 0 Å². The third-order valence-electron chi connectivity index (χ3n) is 3.56. The minimum absolute atomic E-state index is 0.0155. The van der Waals surface area contributed by atoms with Crippen LogP contribution < -0.4 is 10.5 Å². The summed E-state index contributed by atoms with van der Waals surface area (Å²) in [4.78, 5) is 21.8. The number of nitrogens with one attached hydrogen (secondary N) is 1. The predicted molar refractivity (Wildman–Crippen MR) is 91.3 cm³/mol. The summed E-state index contributed by atoms with van der Waals surface area (Å²) in [6, 6.07) is 10.4. The molecule has 0 aliphatic rings. The van der Waals surface area contributed by atoms with Crippen molar-refractivity contribution in [1.82, 2.24) is 4.72 Å². The highest BCUT2D eigenvalue weighted by Crippen LogP contribution is 2.15. The van der Waals surface area contributed by atoms with Crippen LogP contribution in [-0.2, 0) is 21.2 Å². The smallest absolute Gasteiger partial charge is 0.269 e. The van der Waals surface area contributed by atoms with Crippen LogP contribution in [0, 0.1) is 17.0 Å². The third-order valence-corrected chi connectivity index (χ3v) is 5.05. The van der Waals surface area contributed by atoms with Crippen molar-refractivity contribution < 1.29 is 18.1 Å². The van der Waals surface area contributed by atoms with Crippen LogP contribution in [-0.4, -0.2) is 25.3 Å². The Labute approximate surface area is 144 Å². The van der Waals surface area contributed by atoms with Crippen molar-refractivity contribution in [3.05, 3.63) is 69.8 Å². The number of benzene rings is 2. The zero-order valence-corrected chi connectivity index (χ0v) is 14.2. The Morgan fingerprint density at radius 2 is 1.72 bits per heavy atom. The minimum atomic E-state index is -3.92. The molecule has 1 atom stereocenters. The molecule has 25 heavy (non-hydrogen) atoms. The lowest BCUT2D eigenvalue weighted by Gasteiger charge is -2.16. The fourth-order valence-electron chi connectivity index (χ4n) is 2.16. The lowest BCUT2D eigenvalue weighted by atomic mass is 10.1. The Morgan fingerprint density at radius 1 is 1.16 bits per heavy atom. The van der Waals surface area contributed by atoms with Crippen LogP contribution in [0.1, 0.15) is 11.1 Å². The maximum Gasteiger partial charge on any atom is 0.269 e. The van der Waals surface area contributed by atoms with Crippen LogP contribution in [0.3, 0.4) is 0 Å². The summed E-state index contributed by atoms with van der Waals surface area (Å²) in [7, 11) is -3.92. The molecule has 2 aromatic carbocycles. The topological polar surface area (TPSA) is 132 Å². The van der Waals surface area contributed by atoms with E-state index >= 15 is 0 Å². The summed E-state index contributed by atoms with van der Waals surface area (Å²) in [6.07, 6.45) is -0.0155. The van der Waals surface area contributed by atoms with Gasteiger partial charge < -0.3 is 5.73 Å². The van der Waals surface area contributed by atoms with Crippen molar-refractivity contribution in [2.24, 2.45) is 5.73 Å². The zero-order chi connectivity index (χ0) is 18.6. The molecule has 8 nitrogen and oxygen atoms in total.